The van der Waals surface area contributed by atoms with Crippen LogP contribution in [-0.4, -0.2) is 28.0 Å². The third-order valence-electron chi connectivity index (χ3n) is 1.98. The Balaban J connectivity index is 2.50. The van der Waals surface area contributed by atoms with Crippen LogP contribution in [0.1, 0.15) is 18.2 Å². The number of hydrogen-bond donors (Lipinski definition) is 2. The number of nitrogens with zero attached hydrogens (tertiary/aromatic N) is 2. The van der Waals surface area contributed by atoms with Gasteiger partial charge in [0, 0.05) is 31.4 Å². The number of aliphatic hydroxyl groups is 1. The lowest BCUT2D eigenvalue weighted by Gasteiger charge is -1.99. The lowest BCUT2D eigenvalue weighted by molar-refractivity contribution is 0.292. The van der Waals surface area contributed by atoms with E-state index in [1.54, 1.807) is 0 Å². The fraction of sp³-hybridized carbons (Fsp3) is 0.667. The Hall–Kier alpha value is -0.870. The van der Waals surface area contributed by atoms with Crippen molar-refractivity contribution >= 4 is 0 Å². The van der Waals surface area contributed by atoms with Crippen molar-refractivity contribution in [1.29, 1.82) is 0 Å². The zero-order valence-corrected chi connectivity index (χ0v) is 8.25. The van der Waals surface area contributed by atoms with Crippen LogP contribution < -0.4 is 5.32 Å². The van der Waals surface area contributed by atoms with Gasteiger partial charge >= 0.3 is 0 Å². The van der Waals surface area contributed by atoms with Gasteiger partial charge in [-0.2, -0.15) is 5.10 Å². The van der Waals surface area contributed by atoms with Gasteiger partial charge < -0.3 is 10.4 Å². The van der Waals surface area contributed by atoms with Crippen LogP contribution in [0, 0.1) is 6.92 Å². The molecule has 1 rings (SSSR count). The van der Waals surface area contributed by atoms with Gasteiger partial charge in [-0.25, -0.2) is 0 Å². The number of aromatic nitrogens is 2. The predicted molar refractivity (Wildman–Crippen MR) is 51.4 cm³/mol. The number of aryl methyl sites for hydroxylation is 2. The minimum absolute atomic E-state index is 0.182. The lowest BCUT2D eigenvalue weighted by Crippen LogP contribution is -2.17. The molecule has 1 aromatic heterocycles. The van der Waals surface area contributed by atoms with Crippen molar-refractivity contribution in [3.05, 3.63) is 17.5 Å². The molecule has 2 N–H and O–H groups in total. The SMILES string of the molecule is CCn1cc(CNCCO)c(C)n1. The highest BCUT2D eigenvalue weighted by Crippen LogP contribution is 2.04. The summed E-state index contributed by atoms with van der Waals surface area (Å²) in [6, 6.07) is 0. The summed E-state index contributed by atoms with van der Waals surface area (Å²) in [4.78, 5) is 0. The molecular weight excluding hydrogens is 166 g/mol. The summed E-state index contributed by atoms with van der Waals surface area (Å²) in [5, 5.41) is 16.0. The van der Waals surface area contributed by atoms with E-state index in [9.17, 15) is 0 Å². The van der Waals surface area contributed by atoms with Crippen LogP contribution in [0.2, 0.25) is 0 Å². The summed E-state index contributed by atoms with van der Waals surface area (Å²) in [6.07, 6.45) is 2.04. The predicted octanol–water partition coefficient (Wildman–Crippen LogP) is 0.293. The molecule has 1 heterocycles. The number of aliphatic hydroxyl groups excluding tert-OH is 1. The van der Waals surface area contributed by atoms with Crippen molar-refractivity contribution in [2.45, 2.75) is 26.9 Å². The van der Waals surface area contributed by atoms with Crippen molar-refractivity contribution in [3.63, 3.8) is 0 Å². The molecule has 4 heteroatoms. The molecule has 13 heavy (non-hydrogen) atoms. The van der Waals surface area contributed by atoms with Crippen LogP contribution in [0.3, 0.4) is 0 Å². The van der Waals surface area contributed by atoms with Gasteiger partial charge in [0.15, 0.2) is 0 Å². The molecule has 0 amide bonds. The van der Waals surface area contributed by atoms with Crippen LogP contribution in [0.15, 0.2) is 6.20 Å². The molecule has 0 saturated carbocycles. The highest BCUT2D eigenvalue weighted by molar-refractivity contribution is 5.14. The van der Waals surface area contributed by atoms with E-state index in [1.165, 1.54) is 5.56 Å². The van der Waals surface area contributed by atoms with Crippen molar-refractivity contribution < 1.29 is 5.11 Å². The maximum Gasteiger partial charge on any atom is 0.0638 e. The second-order valence-electron chi connectivity index (χ2n) is 3.00. The Morgan fingerprint density at radius 3 is 2.92 bits per heavy atom. The van der Waals surface area contributed by atoms with E-state index in [0.29, 0.717) is 6.54 Å². The Bertz CT molecular complexity index is 257. The Morgan fingerprint density at radius 1 is 1.62 bits per heavy atom. The normalized spacial score (nSPS) is 10.7. The standard InChI is InChI=1S/C9H17N3O/c1-3-12-7-9(8(2)11-12)6-10-4-5-13/h7,10,13H,3-6H2,1-2H3. The maximum atomic E-state index is 8.58. The topological polar surface area (TPSA) is 50.1 Å². The second kappa shape index (κ2) is 4.99. The van der Waals surface area contributed by atoms with Gasteiger partial charge in [0.25, 0.3) is 0 Å². The summed E-state index contributed by atoms with van der Waals surface area (Å²) >= 11 is 0. The Labute approximate surface area is 78.6 Å². The number of nitrogens with one attached hydrogen (secondary N) is 1. The third kappa shape index (κ3) is 2.82. The fourth-order valence-electron chi connectivity index (χ4n) is 1.20. The summed E-state index contributed by atoms with van der Waals surface area (Å²) < 4.78 is 1.92. The molecule has 0 fully saturated rings. The van der Waals surface area contributed by atoms with Gasteiger partial charge in [-0.15, -0.1) is 0 Å². The molecule has 0 bridgehead atoms. The smallest absolute Gasteiger partial charge is 0.0638 e. The van der Waals surface area contributed by atoms with Gasteiger partial charge in [-0.05, 0) is 13.8 Å². The molecule has 0 aromatic carbocycles. The van der Waals surface area contributed by atoms with Crippen LogP contribution in [0.25, 0.3) is 0 Å². The third-order valence-corrected chi connectivity index (χ3v) is 1.98. The molecule has 0 aliphatic carbocycles. The van der Waals surface area contributed by atoms with Crippen molar-refractivity contribution in [2.75, 3.05) is 13.2 Å². The minimum atomic E-state index is 0.182. The van der Waals surface area contributed by atoms with Gasteiger partial charge in [0.2, 0.25) is 0 Å². The summed E-state index contributed by atoms with van der Waals surface area (Å²) in [5.74, 6) is 0. The molecular formula is C9H17N3O. The van der Waals surface area contributed by atoms with Crippen LogP contribution >= 0.6 is 0 Å². The van der Waals surface area contributed by atoms with Crippen LogP contribution in [-0.2, 0) is 13.1 Å². The zero-order chi connectivity index (χ0) is 9.68. The van der Waals surface area contributed by atoms with E-state index in [0.717, 1.165) is 18.8 Å². The first kappa shape index (κ1) is 10.2. The zero-order valence-electron chi connectivity index (χ0n) is 8.25. The van der Waals surface area contributed by atoms with Gasteiger partial charge in [0.05, 0.1) is 12.3 Å². The van der Waals surface area contributed by atoms with Gasteiger partial charge in [-0.3, -0.25) is 4.68 Å². The van der Waals surface area contributed by atoms with Crippen molar-refractivity contribution in [3.8, 4) is 0 Å². The monoisotopic (exact) mass is 183 g/mol. The highest BCUT2D eigenvalue weighted by Gasteiger charge is 2.02. The van der Waals surface area contributed by atoms with Crippen molar-refractivity contribution in [1.82, 2.24) is 15.1 Å². The van der Waals surface area contributed by atoms with Crippen LogP contribution in [0.5, 0.6) is 0 Å². The first-order chi connectivity index (χ1) is 6.27. The van der Waals surface area contributed by atoms with Gasteiger partial charge in [0.1, 0.15) is 0 Å². The fourth-order valence-corrected chi connectivity index (χ4v) is 1.20. The van der Waals surface area contributed by atoms with E-state index in [4.69, 9.17) is 5.11 Å². The molecule has 0 saturated heterocycles. The molecule has 0 aliphatic heterocycles. The first-order valence-electron chi connectivity index (χ1n) is 4.62. The molecule has 74 valence electrons. The molecule has 4 nitrogen and oxygen atoms in total. The van der Waals surface area contributed by atoms with Crippen LogP contribution in [0.4, 0.5) is 0 Å². The second-order valence-corrected chi connectivity index (χ2v) is 3.00. The lowest BCUT2D eigenvalue weighted by atomic mass is 10.2. The Kier molecular flexibility index (Phi) is 3.92. The summed E-state index contributed by atoms with van der Waals surface area (Å²) in [6.45, 7) is 6.57. The number of hydrogen-bond acceptors (Lipinski definition) is 3. The van der Waals surface area contributed by atoms with E-state index < -0.39 is 0 Å². The minimum Gasteiger partial charge on any atom is -0.395 e. The molecule has 0 radical (unpaired) electrons. The summed E-state index contributed by atoms with van der Waals surface area (Å²) in [5.41, 5.74) is 2.27. The number of rotatable bonds is 5. The van der Waals surface area contributed by atoms with Crippen molar-refractivity contribution in [2.24, 2.45) is 0 Å². The Morgan fingerprint density at radius 2 is 2.38 bits per heavy atom. The maximum absolute atomic E-state index is 8.58. The molecule has 0 spiro atoms. The highest BCUT2D eigenvalue weighted by atomic mass is 16.3. The quantitative estimate of drug-likeness (QED) is 0.645. The largest absolute Gasteiger partial charge is 0.395 e. The average molecular weight is 183 g/mol. The summed E-state index contributed by atoms with van der Waals surface area (Å²) in [7, 11) is 0. The molecule has 1 aromatic rings. The van der Waals surface area contributed by atoms with E-state index in [2.05, 4.69) is 17.3 Å². The average Bonchev–Trinajstić information content (AvgIpc) is 2.48. The first-order valence-corrected chi connectivity index (χ1v) is 4.62. The van der Waals surface area contributed by atoms with Gasteiger partial charge in [-0.1, -0.05) is 0 Å². The molecule has 0 unspecified atom stereocenters. The molecule has 0 aliphatic rings. The van der Waals surface area contributed by atoms with E-state index in [1.807, 2.05) is 17.8 Å². The molecule has 0 atom stereocenters. The van der Waals surface area contributed by atoms with E-state index in [-0.39, 0.29) is 6.61 Å². The van der Waals surface area contributed by atoms with E-state index >= 15 is 0 Å².